The van der Waals surface area contributed by atoms with Crippen LogP contribution >= 0.6 is 0 Å². The topological polar surface area (TPSA) is 3.24 Å². The van der Waals surface area contributed by atoms with Gasteiger partial charge in [0, 0.05) is 18.1 Å². The second-order valence-corrected chi connectivity index (χ2v) is 17.4. The Labute approximate surface area is 241 Å². The molecule has 0 amide bonds. The third-order valence-corrected chi connectivity index (χ3v) is 16.3. The molecule has 14 atom stereocenters. The smallest absolute Gasteiger partial charge is 0.0133 e. The molecule has 0 spiro atoms. The van der Waals surface area contributed by atoms with E-state index in [1.54, 1.807) is 148 Å². The molecule has 14 unspecified atom stereocenters. The number of likely N-dealkylation sites (tertiary alicyclic amines) is 1. The highest BCUT2D eigenvalue weighted by molar-refractivity contribution is 5.12. The van der Waals surface area contributed by atoms with E-state index in [0.717, 1.165) is 89.1 Å². The van der Waals surface area contributed by atoms with Crippen LogP contribution in [0.5, 0.6) is 0 Å². The van der Waals surface area contributed by atoms with Crippen molar-refractivity contribution in [3.8, 4) is 0 Å². The molecule has 8 aliphatic carbocycles. The summed E-state index contributed by atoms with van der Waals surface area (Å²) in [6, 6.07) is 2.98. The zero-order valence-electron chi connectivity index (χ0n) is 25.4. The number of hydrogen-bond donors (Lipinski definition) is 0. The Balaban J connectivity index is 1.03. The van der Waals surface area contributed by atoms with E-state index in [9.17, 15) is 0 Å². The van der Waals surface area contributed by atoms with Crippen molar-refractivity contribution >= 4 is 0 Å². The molecule has 8 saturated carbocycles. The van der Waals surface area contributed by atoms with Crippen LogP contribution in [0.3, 0.4) is 0 Å². The van der Waals surface area contributed by atoms with E-state index >= 15 is 0 Å². The summed E-state index contributed by atoms with van der Waals surface area (Å²) in [5, 5.41) is 0. The maximum Gasteiger partial charge on any atom is 0.0133 e. The quantitative estimate of drug-likeness (QED) is 0.343. The first-order chi connectivity index (χ1) is 19.3. The Bertz CT molecular complexity index is 844. The van der Waals surface area contributed by atoms with Crippen molar-refractivity contribution in [3.63, 3.8) is 0 Å². The summed E-state index contributed by atoms with van der Waals surface area (Å²) in [5.41, 5.74) is 0. The summed E-state index contributed by atoms with van der Waals surface area (Å²) in [6.07, 6.45) is 36.7. The second kappa shape index (κ2) is 10.3. The normalized spacial score (nSPS) is 57.1. The zero-order chi connectivity index (χ0) is 25.5. The fourth-order valence-electron chi connectivity index (χ4n) is 15.3. The average Bonchev–Trinajstić information content (AvgIpc) is 3.69. The summed E-state index contributed by atoms with van der Waals surface area (Å²) in [5.74, 6) is 13.5. The standard InChI is InChI=1S/C38H61N/c1-2-11-25-21-27(20-24(25)10-1)32-22-26-12-3-4-13-28(26)34-23-33-31(38(32)34)16-9-19-37(33)39-35-17-7-5-14-29(35)30-15-6-8-18-36(30)39/h24-38H,1-23H2. The van der Waals surface area contributed by atoms with Crippen molar-refractivity contribution in [2.24, 2.45) is 71.0 Å². The Morgan fingerprint density at radius 3 is 1.49 bits per heavy atom. The molecule has 0 radical (unpaired) electrons. The van der Waals surface area contributed by atoms with Crippen molar-refractivity contribution in [2.75, 3.05) is 0 Å². The lowest BCUT2D eigenvalue weighted by molar-refractivity contribution is -0.0263. The molecule has 1 heterocycles. The van der Waals surface area contributed by atoms with Gasteiger partial charge in [-0.25, -0.2) is 0 Å². The van der Waals surface area contributed by atoms with Crippen LogP contribution < -0.4 is 0 Å². The minimum absolute atomic E-state index is 0.988. The molecule has 39 heavy (non-hydrogen) atoms. The first kappa shape index (κ1) is 25.5. The molecule has 0 bridgehead atoms. The molecule has 0 aromatic carbocycles. The van der Waals surface area contributed by atoms with E-state index in [1.807, 2.05) is 0 Å². The predicted molar refractivity (Wildman–Crippen MR) is 161 cm³/mol. The predicted octanol–water partition coefficient (Wildman–Crippen LogP) is 9.88. The molecular weight excluding hydrogens is 470 g/mol. The molecule has 9 fully saturated rings. The van der Waals surface area contributed by atoms with E-state index < -0.39 is 0 Å². The van der Waals surface area contributed by atoms with Crippen LogP contribution in [0, 0.1) is 71.0 Å². The Morgan fingerprint density at radius 1 is 0.282 bits per heavy atom. The Morgan fingerprint density at radius 2 is 0.795 bits per heavy atom. The minimum atomic E-state index is 0.988. The first-order valence-corrected chi connectivity index (χ1v) is 19.1. The van der Waals surface area contributed by atoms with Crippen LogP contribution in [-0.2, 0) is 0 Å². The lowest BCUT2D eigenvalue weighted by Crippen LogP contribution is -2.52. The monoisotopic (exact) mass is 531 g/mol. The molecule has 0 N–H and O–H groups in total. The molecule has 218 valence electrons. The van der Waals surface area contributed by atoms with Crippen molar-refractivity contribution in [1.82, 2.24) is 4.90 Å². The Kier molecular flexibility index (Phi) is 6.72. The minimum Gasteiger partial charge on any atom is -0.294 e. The van der Waals surface area contributed by atoms with Crippen LogP contribution in [0.1, 0.15) is 148 Å². The van der Waals surface area contributed by atoms with Crippen molar-refractivity contribution < 1.29 is 0 Å². The van der Waals surface area contributed by atoms with Gasteiger partial charge in [0.1, 0.15) is 0 Å². The van der Waals surface area contributed by atoms with Gasteiger partial charge in [0.05, 0.1) is 0 Å². The number of nitrogens with zero attached hydrogens (tertiary/aromatic N) is 1. The average molecular weight is 532 g/mol. The van der Waals surface area contributed by atoms with Crippen molar-refractivity contribution in [2.45, 2.75) is 166 Å². The highest BCUT2D eigenvalue weighted by Gasteiger charge is 2.61. The van der Waals surface area contributed by atoms with Crippen molar-refractivity contribution in [3.05, 3.63) is 0 Å². The molecule has 9 aliphatic rings. The van der Waals surface area contributed by atoms with Gasteiger partial charge in [-0.2, -0.15) is 0 Å². The summed E-state index contributed by atoms with van der Waals surface area (Å²) >= 11 is 0. The van der Waals surface area contributed by atoms with Gasteiger partial charge in [0.2, 0.25) is 0 Å². The molecule has 1 heteroatoms. The van der Waals surface area contributed by atoms with E-state index in [2.05, 4.69) is 4.90 Å². The zero-order valence-corrected chi connectivity index (χ0v) is 25.4. The highest BCUT2D eigenvalue weighted by Crippen LogP contribution is 2.66. The van der Waals surface area contributed by atoms with Crippen molar-refractivity contribution in [1.29, 1.82) is 0 Å². The largest absolute Gasteiger partial charge is 0.294 e. The Hall–Kier alpha value is -0.0400. The summed E-state index contributed by atoms with van der Waals surface area (Å²) in [7, 11) is 0. The molecule has 1 nitrogen and oxygen atoms in total. The molecule has 0 aromatic rings. The van der Waals surface area contributed by atoms with Crippen LogP contribution in [0.2, 0.25) is 0 Å². The van der Waals surface area contributed by atoms with Gasteiger partial charge in [-0.15, -0.1) is 0 Å². The second-order valence-electron chi connectivity index (χ2n) is 17.4. The van der Waals surface area contributed by atoms with Crippen LogP contribution in [-0.4, -0.2) is 23.0 Å². The summed E-state index contributed by atoms with van der Waals surface area (Å²) in [4.78, 5) is 3.39. The first-order valence-electron chi connectivity index (χ1n) is 19.1. The third-order valence-electron chi connectivity index (χ3n) is 16.3. The number of fused-ring (bicyclic) bond motifs is 9. The van der Waals surface area contributed by atoms with Gasteiger partial charge in [0.25, 0.3) is 0 Å². The van der Waals surface area contributed by atoms with Gasteiger partial charge in [-0.05, 0) is 142 Å². The molecular formula is C38H61N. The maximum absolute atomic E-state index is 3.39. The van der Waals surface area contributed by atoms with E-state index in [0.29, 0.717) is 0 Å². The maximum atomic E-state index is 3.39. The fourth-order valence-corrected chi connectivity index (χ4v) is 15.3. The van der Waals surface area contributed by atoms with Gasteiger partial charge < -0.3 is 0 Å². The van der Waals surface area contributed by atoms with Crippen LogP contribution in [0.15, 0.2) is 0 Å². The van der Waals surface area contributed by atoms with Gasteiger partial charge in [-0.3, -0.25) is 4.90 Å². The SMILES string of the molecule is C1CCC2CC(C3CC4CCCCC4C4CC5C(CCCC5N5C6CCCCC6C6CCCCC65)C34)CC2C1. The molecule has 1 aliphatic heterocycles. The lowest BCUT2D eigenvalue weighted by atomic mass is 9.54. The van der Waals surface area contributed by atoms with E-state index in [1.165, 1.54) is 0 Å². The fraction of sp³-hybridized carbons (Fsp3) is 1.00. The van der Waals surface area contributed by atoms with Crippen LogP contribution in [0.4, 0.5) is 0 Å². The molecule has 0 aromatic heterocycles. The van der Waals surface area contributed by atoms with Gasteiger partial charge in [-0.1, -0.05) is 77.0 Å². The van der Waals surface area contributed by atoms with Crippen LogP contribution in [0.25, 0.3) is 0 Å². The molecule has 9 rings (SSSR count). The van der Waals surface area contributed by atoms with E-state index in [4.69, 9.17) is 0 Å². The summed E-state index contributed by atoms with van der Waals surface area (Å²) in [6.45, 7) is 0. The lowest BCUT2D eigenvalue weighted by Gasteiger charge is -2.51. The third kappa shape index (κ3) is 4.06. The number of rotatable bonds is 2. The molecule has 1 saturated heterocycles. The van der Waals surface area contributed by atoms with E-state index in [-0.39, 0.29) is 0 Å². The van der Waals surface area contributed by atoms with Gasteiger partial charge in [0.15, 0.2) is 0 Å². The highest BCUT2D eigenvalue weighted by atomic mass is 15.3. The number of hydrogen-bond acceptors (Lipinski definition) is 1. The van der Waals surface area contributed by atoms with Gasteiger partial charge >= 0.3 is 0 Å². The summed E-state index contributed by atoms with van der Waals surface area (Å²) < 4.78 is 0.